The zero-order valence-corrected chi connectivity index (χ0v) is 16.4. The molecular formula is C22H31N3O2. The van der Waals surface area contributed by atoms with Crippen molar-refractivity contribution in [2.24, 2.45) is 4.99 Å². The summed E-state index contributed by atoms with van der Waals surface area (Å²) in [6.45, 7) is 5.77. The third kappa shape index (κ3) is 8.60. The molecule has 2 rings (SSSR count). The minimum Gasteiger partial charge on any atom is -0.489 e. The average molecular weight is 370 g/mol. The lowest BCUT2D eigenvalue weighted by molar-refractivity contribution is 0.143. The fourth-order valence-electron chi connectivity index (χ4n) is 2.57. The van der Waals surface area contributed by atoms with Crippen LogP contribution >= 0.6 is 0 Å². The fraction of sp³-hybridized carbons (Fsp3) is 0.409. The van der Waals surface area contributed by atoms with Crippen LogP contribution in [-0.2, 0) is 17.9 Å². The first-order valence-electron chi connectivity index (χ1n) is 9.59. The maximum atomic E-state index is 5.89. The molecule has 0 amide bonds. The molecular weight excluding hydrogens is 338 g/mol. The average Bonchev–Trinajstić information content (AvgIpc) is 2.72. The first-order valence-corrected chi connectivity index (χ1v) is 9.59. The third-order valence-electron chi connectivity index (χ3n) is 4.04. The van der Waals surface area contributed by atoms with Gasteiger partial charge in [-0.25, -0.2) is 0 Å². The maximum Gasteiger partial charge on any atom is 0.191 e. The van der Waals surface area contributed by atoms with Crippen molar-refractivity contribution in [3.8, 4) is 5.75 Å². The number of guanidine groups is 1. The van der Waals surface area contributed by atoms with Crippen LogP contribution in [0, 0.1) is 0 Å². The molecule has 0 saturated carbocycles. The lowest BCUT2D eigenvalue weighted by atomic mass is 10.2. The van der Waals surface area contributed by atoms with Gasteiger partial charge in [0.1, 0.15) is 12.4 Å². The Morgan fingerprint density at radius 2 is 1.78 bits per heavy atom. The molecule has 0 radical (unpaired) electrons. The topological polar surface area (TPSA) is 54.9 Å². The first kappa shape index (κ1) is 20.8. The Hall–Kier alpha value is -2.53. The van der Waals surface area contributed by atoms with E-state index in [0.29, 0.717) is 13.2 Å². The molecule has 0 aliphatic heterocycles. The summed E-state index contributed by atoms with van der Waals surface area (Å²) in [5.41, 5.74) is 2.31. The predicted octanol–water partition coefficient (Wildman–Crippen LogP) is 3.75. The Balaban J connectivity index is 1.72. The number of nitrogens with one attached hydrogen (secondary N) is 2. The van der Waals surface area contributed by atoms with E-state index in [9.17, 15) is 0 Å². The summed E-state index contributed by atoms with van der Waals surface area (Å²) in [6, 6.07) is 18.3. The Labute approximate surface area is 162 Å². The van der Waals surface area contributed by atoms with E-state index in [1.54, 1.807) is 7.05 Å². The zero-order valence-electron chi connectivity index (χ0n) is 16.4. The van der Waals surface area contributed by atoms with E-state index in [0.717, 1.165) is 55.4 Å². The quantitative estimate of drug-likeness (QED) is 0.360. The number of hydrogen-bond donors (Lipinski definition) is 2. The number of nitrogens with zero attached hydrogens (tertiary/aromatic N) is 1. The van der Waals surface area contributed by atoms with Gasteiger partial charge in [-0.05, 0) is 43.0 Å². The molecule has 0 aliphatic rings. The molecule has 146 valence electrons. The molecule has 0 aliphatic carbocycles. The van der Waals surface area contributed by atoms with Crippen LogP contribution in [0.4, 0.5) is 0 Å². The molecule has 27 heavy (non-hydrogen) atoms. The Morgan fingerprint density at radius 3 is 2.56 bits per heavy atom. The van der Waals surface area contributed by atoms with E-state index < -0.39 is 0 Å². The van der Waals surface area contributed by atoms with Crippen molar-refractivity contribution in [2.45, 2.75) is 32.9 Å². The summed E-state index contributed by atoms with van der Waals surface area (Å²) in [7, 11) is 1.79. The lowest BCUT2D eigenvalue weighted by Gasteiger charge is -2.13. The van der Waals surface area contributed by atoms with E-state index in [2.05, 4.69) is 39.9 Å². The second-order valence-electron chi connectivity index (χ2n) is 6.18. The number of rotatable bonds is 11. The van der Waals surface area contributed by atoms with Crippen LogP contribution in [0.25, 0.3) is 0 Å². The monoisotopic (exact) mass is 369 g/mol. The molecule has 5 nitrogen and oxygen atoms in total. The molecule has 0 atom stereocenters. The summed E-state index contributed by atoms with van der Waals surface area (Å²) in [6.07, 6.45) is 2.11. The zero-order chi connectivity index (χ0) is 19.2. The Bertz CT molecular complexity index is 674. The minimum atomic E-state index is 0.572. The van der Waals surface area contributed by atoms with Crippen LogP contribution in [0.3, 0.4) is 0 Å². The smallest absolute Gasteiger partial charge is 0.191 e. The fourth-order valence-corrected chi connectivity index (χ4v) is 2.57. The predicted molar refractivity (Wildman–Crippen MR) is 111 cm³/mol. The van der Waals surface area contributed by atoms with Gasteiger partial charge < -0.3 is 20.1 Å². The van der Waals surface area contributed by atoms with Crippen LogP contribution in [0.5, 0.6) is 5.75 Å². The van der Waals surface area contributed by atoms with Crippen LogP contribution in [0.2, 0.25) is 0 Å². The molecule has 0 heterocycles. The molecule has 0 saturated heterocycles. The molecule has 2 aromatic carbocycles. The van der Waals surface area contributed by atoms with Crippen LogP contribution < -0.4 is 15.4 Å². The molecule has 0 fully saturated rings. The molecule has 2 aromatic rings. The maximum absolute atomic E-state index is 5.89. The van der Waals surface area contributed by atoms with Crippen molar-refractivity contribution >= 4 is 5.96 Å². The second kappa shape index (κ2) is 12.8. The van der Waals surface area contributed by atoms with Crippen molar-refractivity contribution in [3.63, 3.8) is 0 Å². The van der Waals surface area contributed by atoms with Gasteiger partial charge in [-0.15, -0.1) is 0 Å². The van der Waals surface area contributed by atoms with Gasteiger partial charge in [0, 0.05) is 33.4 Å². The first-order chi connectivity index (χ1) is 13.3. The van der Waals surface area contributed by atoms with Gasteiger partial charge >= 0.3 is 0 Å². The van der Waals surface area contributed by atoms with Crippen molar-refractivity contribution in [1.29, 1.82) is 0 Å². The van der Waals surface area contributed by atoms with Crippen LogP contribution in [0.1, 0.15) is 30.9 Å². The van der Waals surface area contributed by atoms with Crippen molar-refractivity contribution in [1.82, 2.24) is 10.6 Å². The van der Waals surface area contributed by atoms with Gasteiger partial charge in [-0.2, -0.15) is 0 Å². The number of hydrogen-bond acceptors (Lipinski definition) is 3. The summed E-state index contributed by atoms with van der Waals surface area (Å²) in [5, 5.41) is 6.67. The molecule has 0 aromatic heterocycles. The summed E-state index contributed by atoms with van der Waals surface area (Å²) < 4.78 is 11.2. The van der Waals surface area contributed by atoms with Crippen molar-refractivity contribution in [2.75, 3.05) is 26.8 Å². The standard InChI is InChI=1S/C22H31N3O2/c1-3-26-15-8-7-14-24-22(23-2)25-17-20-12-9-13-21(16-20)27-18-19-10-5-4-6-11-19/h4-6,9-13,16H,3,7-8,14-15,17-18H2,1-2H3,(H2,23,24,25). The SMILES string of the molecule is CCOCCCCNC(=NC)NCc1cccc(OCc2ccccc2)c1. The number of unbranched alkanes of at least 4 members (excludes halogenated alkanes) is 1. The lowest BCUT2D eigenvalue weighted by Crippen LogP contribution is -2.37. The van der Waals surface area contributed by atoms with Gasteiger partial charge in [0.15, 0.2) is 5.96 Å². The number of aliphatic imine (C=N–C) groups is 1. The van der Waals surface area contributed by atoms with E-state index in [1.165, 1.54) is 0 Å². The highest BCUT2D eigenvalue weighted by Gasteiger charge is 2.01. The van der Waals surface area contributed by atoms with E-state index in [1.807, 2.05) is 37.3 Å². The summed E-state index contributed by atoms with van der Waals surface area (Å²) >= 11 is 0. The molecule has 0 spiro atoms. The molecule has 5 heteroatoms. The highest BCUT2D eigenvalue weighted by molar-refractivity contribution is 5.79. The number of ether oxygens (including phenoxy) is 2. The molecule has 0 bridgehead atoms. The highest BCUT2D eigenvalue weighted by atomic mass is 16.5. The Morgan fingerprint density at radius 1 is 0.963 bits per heavy atom. The van der Waals surface area contributed by atoms with E-state index in [-0.39, 0.29) is 0 Å². The third-order valence-corrected chi connectivity index (χ3v) is 4.04. The Kier molecular flexibility index (Phi) is 9.82. The van der Waals surface area contributed by atoms with E-state index >= 15 is 0 Å². The normalized spacial score (nSPS) is 11.3. The minimum absolute atomic E-state index is 0.572. The summed E-state index contributed by atoms with van der Waals surface area (Å²) in [5.74, 6) is 1.68. The van der Waals surface area contributed by atoms with Gasteiger partial charge in [0.25, 0.3) is 0 Å². The second-order valence-corrected chi connectivity index (χ2v) is 6.18. The van der Waals surface area contributed by atoms with Gasteiger partial charge in [-0.3, -0.25) is 4.99 Å². The molecule has 2 N–H and O–H groups in total. The van der Waals surface area contributed by atoms with Crippen molar-refractivity contribution < 1.29 is 9.47 Å². The number of benzene rings is 2. The van der Waals surface area contributed by atoms with E-state index in [4.69, 9.17) is 9.47 Å². The molecule has 0 unspecified atom stereocenters. The van der Waals surface area contributed by atoms with Gasteiger partial charge in [-0.1, -0.05) is 42.5 Å². The van der Waals surface area contributed by atoms with Crippen molar-refractivity contribution in [3.05, 3.63) is 65.7 Å². The van der Waals surface area contributed by atoms with Crippen LogP contribution in [-0.4, -0.2) is 32.8 Å². The van der Waals surface area contributed by atoms with Crippen LogP contribution in [0.15, 0.2) is 59.6 Å². The van der Waals surface area contributed by atoms with Gasteiger partial charge in [0.2, 0.25) is 0 Å². The highest BCUT2D eigenvalue weighted by Crippen LogP contribution is 2.15. The summed E-state index contributed by atoms with van der Waals surface area (Å²) in [4.78, 5) is 4.27. The largest absolute Gasteiger partial charge is 0.489 e. The van der Waals surface area contributed by atoms with Gasteiger partial charge in [0.05, 0.1) is 0 Å².